The van der Waals surface area contributed by atoms with Gasteiger partial charge in [-0.1, -0.05) is 24.4 Å². The number of rotatable bonds is 5. The number of carbonyl (C=O) groups excluding carboxylic acids is 1. The Balaban J connectivity index is 1.27. The van der Waals surface area contributed by atoms with Crippen molar-refractivity contribution in [1.29, 1.82) is 0 Å². The average Bonchev–Trinajstić information content (AvgIpc) is 3.41. The van der Waals surface area contributed by atoms with Crippen molar-refractivity contribution in [1.82, 2.24) is 29.4 Å². The van der Waals surface area contributed by atoms with Crippen LogP contribution in [0.5, 0.6) is 0 Å². The fourth-order valence-corrected chi connectivity index (χ4v) is 5.28. The molecule has 0 radical (unpaired) electrons. The van der Waals surface area contributed by atoms with Crippen molar-refractivity contribution < 1.29 is 4.79 Å². The molecule has 1 saturated carbocycles. The van der Waals surface area contributed by atoms with Crippen LogP contribution in [0.3, 0.4) is 0 Å². The summed E-state index contributed by atoms with van der Waals surface area (Å²) in [5.74, 6) is 0.968. The molecule has 184 valence electrons. The molecule has 11 heteroatoms. The van der Waals surface area contributed by atoms with E-state index in [1.165, 1.54) is 41.0 Å². The van der Waals surface area contributed by atoms with Crippen LogP contribution in [0.15, 0.2) is 34.2 Å². The zero-order chi connectivity index (χ0) is 24.5. The number of anilines is 1. The summed E-state index contributed by atoms with van der Waals surface area (Å²) in [6, 6.07) is 1.47. The van der Waals surface area contributed by atoms with E-state index < -0.39 is 11.1 Å². The van der Waals surface area contributed by atoms with Crippen LogP contribution in [-0.4, -0.2) is 49.6 Å². The second kappa shape index (κ2) is 9.77. The van der Waals surface area contributed by atoms with Crippen molar-refractivity contribution in [3.8, 4) is 0 Å². The lowest BCUT2D eigenvalue weighted by molar-refractivity contribution is 0.0946. The van der Waals surface area contributed by atoms with Crippen LogP contribution in [0.2, 0.25) is 5.02 Å². The van der Waals surface area contributed by atoms with Crippen LogP contribution in [0.25, 0.3) is 11.2 Å². The van der Waals surface area contributed by atoms with Gasteiger partial charge in [0.15, 0.2) is 5.65 Å². The molecule has 1 saturated heterocycles. The number of nitrogens with zero attached hydrogens (tertiary/aromatic N) is 6. The second-order valence-corrected chi connectivity index (χ2v) is 9.82. The molecule has 3 aromatic rings. The zero-order valence-electron chi connectivity index (χ0n) is 19.6. The monoisotopic (exact) mass is 497 g/mol. The third-order valence-corrected chi connectivity index (χ3v) is 7.36. The minimum Gasteiger partial charge on any atom is -0.352 e. The second-order valence-electron chi connectivity index (χ2n) is 9.39. The highest BCUT2D eigenvalue weighted by Gasteiger charge is 2.26. The summed E-state index contributed by atoms with van der Waals surface area (Å²) in [6.45, 7) is 1.91. The molecule has 10 nitrogen and oxygen atoms in total. The SMILES string of the molecule is Cn1c(=O)c(=O)n(C2CCN(c3ncc(C(=O)NCC4CCCC4)cn3)CC2)c2ncc(Cl)cc21. The van der Waals surface area contributed by atoms with Gasteiger partial charge in [-0.25, -0.2) is 15.0 Å². The largest absolute Gasteiger partial charge is 0.352 e. The van der Waals surface area contributed by atoms with E-state index in [1.54, 1.807) is 25.5 Å². The maximum Gasteiger partial charge on any atom is 0.318 e. The number of hydrogen-bond acceptors (Lipinski definition) is 7. The number of aryl methyl sites for hydroxylation is 1. The Hall–Kier alpha value is -3.27. The standard InChI is InChI=1S/C24H28ClN7O3/c1-30-19-10-17(25)14-26-20(19)32(23(35)22(30)34)18-6-8-31(9-7-18)24-28-12-16(13-29-24)21(33)27-11-15-4-2-3-5-15/h10,12-15,18H,2-9,11H2,1H3,(H,27,33). The molecule has 35 heavy (non-hydrogen) atoms. The summed E-state index contributed by atoms with van der Waals surface area (Å²) in [5.41, 5.74) is 0.231. The van der Waals surface area contributed by atoms with Gasteiger partial charge in [0.25, 0.3) is 5.91 Å². The first-order valence-corrected chi connectivity index (χ1v) is 12.4. The number of piperidine rings is 1. The molecule has 3 aromatic heterocycles. The number of halogens is 1. The number of fused-ring (bicyclic) bond motifs is 1. The molecule has 0 atom stereocenters. The minimum atomic E-state index is -0.603. The molecule has 0 bridgehead atoms. The van der Waals surface area contributed by atoms with Crippen LogP contribution in [0.4, 0.5) is 5.95 Å². The lowest BCUT2D eigenvalue weighted by Crippen LogP contribution is -2.45. The Bertz CT molecular complexity index is 1350. The number of aromatic nitrogens is 5. The first-order chi connectivity index (χ1) is 16.9. The van der Waals surface area contributed by atoms with Crippen LogP contribution in [0, 0.1) is 5.92 Å². The summed E-state index contributed by atoms with van der Waals surface area (Å²) >= 11 is 6.07. The number of carbonyl (C=O) groups is 1. The Morgan fingerprint density at radius 3 is 2.40 bits per heavy atom. The molecule has 0 aromatic carbocycles. The molecule has 2 fully saturated rings. The van der Waals surface area contributed by atoms with E-state index in [0.717, 1.165) is 0 Å². The van der Waals surface area contributed by atoms with E-state index >= 15 is 0 Å². The summed E-state index contributed by atoms with van der Waals surface area (Å²) in [7, 11) is 1.55. The van der Waals surface area contributed by atoms with Crippen molar-refractivity contribution in [3.63, 3.8) is 0 Å². The average molecular weight is 498 g/mol. The van der Waals surface area contributed by atoms with Crippen molar-refractivity contribution in [3.05, 3.63) is 56.0 Å². The van der Waals surface area contributed by atoms with E-state index in [9.17, 15) is 14.4 Å². The summed E-state index contributed by atoms with van der Waals surface area (Å²) in [6.07, 6.45) is 10.7. The van der Waals surface area contributed by atoms with E-state index in [2.05, 4.69) is 20.3 Å². The Kier molecular flexibility index (Phi) is 6.55. The van der Waals surface area contributed by atoms with E-state index in [0.29, 0.717) is 66.1 Å². The minimum absolute atomic E-state index is 0.147. The van der Waals surface area contributed by atoms with E-state index in [1.807, 2.05) is 4.90 Å². The molecule has 2 aliphatic rings. The highest BCUT2D eigenvalue weighted by atomic mass is 35.5. The predicted molar refractivity (Wildman–Crippen MR) is 133 cm³/mol. The number of amides is 1. The molecule has 1 aliphatic carbocycles. The van der Waals surface area contributed by atoms with Gasteiger partial charge in [0.2, 0.25) is 5.95 Å². The predicted octanol–water partition coefficient (Wildman–Crippen LogP) is 2.30. The molecule has 0 spiro atoms. The normalized spacial score (nSPS) is 17.3. The van der Waals surface area contributed by atoms with Crippen LogP contribution < -0.4 is 21.3 Å². The molecular formula is C24H28ClN7O3. The number of hydrogen-bond donors (Lipinski definition) is 1. The van der Waals surface area contributed by atoms with Crippen molar-refractivity contribution in [2.45, 2.75) is 44.6 Å². The van der Waals surface area contributed by atoms with Gasteiger partial charge in [-0.05, 0) is 37.7 Å². The van der Waals surface area contributed by atoms with Gasteiger partial charge in [0.1, 0.15) is 0 Å². The Morgan fingerprint density at radius 2 is 1.71 bits per heavy atom. The molecule has 4 heterocycles. The van der Waals surface area contributed by atoms with Gasteiger partial charge in [0, 0.05) is 51.3 Å². The van der Waals surface area contributed by atoms with Crippen molar-refractivity contribution in [2.75, 3.05) is 24.5 Å². The third-order valence-electron chi connectivity index (χ3n) is 7.15. The number of pyridine rings is 1. The van der Waals surface area contributed by atoms with Crippen molar-refractivity contribution >= 4 is 34.6 Å². The lowest BCUT2D eigenvalue weighted by Gasteiger charge is -2.33. The maximum atomic E-state index is 12.9. The topological polar surface area (TPSA) is 115 Å². The third kappa shape index (κ3) is 4.67. The Morgan fingerprint density at radius 1 is 1.03 bits per heavy atom. The Labute approximate surface area is 207 Å². The quantitative estimate of drug-likeness (QED) is 0.538. The highest BCUT2D eigenvalue weighted by Crippen LogP contribution is 2.26. The van der Waals surface area contributed by atoms with Gasteiger partial charge < -0.3 is 14.8 Å². The molecule has 1 aliphatic heterocycles. The van der Waals surface area contributed by atoms with Crippen LogP contribution in [0.1, 0.15) is 54.9 Å². The fourth-order valence-electron chi connectivity index (χ4n) is 5.12. The maximum absolute atomic E-state index is 12.9. The van der Waals surface area contributed by atoms with Gasteiger partial charge in [-0.15, -0.1) is 0 Å². The first-order valence-electron chi connectivity index (χ1n) is 12.0. The molecule has 5 rings (SSSR count). The zero-order valence-corrected chi connectivity index (χ0v) is 20.4. The van der Waals surface area contributed by atoms with Gasteiger partial charge in [-0.3, -0.25) is 19.0 Å². The van der Waals surface area contributed by atoms with Gasteiger partial charge in [0.05, 0.1) is 16.1 Å². The van der Waals surface area contributed by atoms with Gasteiger partial charge >= 0.3 is 11.1 Å². The van der Waals surface area contributed by atoms with E-state index in [-0.39, 0.29) is 11.9 Å². The van der Waals surface area contributed by atoms with Crippen molar-refractivity contribution in [2.24, 2.45) is 13.0 Å². The molecule has 1 N–H and O–H groups in total. The molecule has 1 amide bonds. The van der Waals surface area contributed by atoms with E-state index in [4.69, 9.17) is 11.6 Å². The molecule has 0 unspecified atom stereocenters. The fraction of sp³-hybridized carbons (Fsp3) is 0.500. The van der Waals surface area contributed by atoms with Gasteiger partial charge in [-0.2, -0.15) is 0 Å². The van der Waals surface area contributed by atoms with Crippen LogP contribution >= 0.6 is 11.6 Å². The summed E-state index contributed by atoms with van der Waals surface area (Å²) in [4.78, 5) is 53.0. The summed E-state index contributed by atoms with van der Waals surface area (Å²) in [5, 5.41) is 3.39. The highest BCUT2D eigenvalue weighted by molar-refractivity contribution is 6.31. The number of nitrogens with one attached hydrogen (secondary N) is 1. The smallest absolute Gasteiger partial charge is 0.318 e. The van der Waals surface area contributed by atoms with Crippen LogP contribution in [-0.2, 0) is 7.05 Å². The first kappa shape index (κ1) is 23.5. The lowest BCUT2D eigenvalue weighted by atomic mass is 10.0. The molecular weight excluding hydrogens is 470 g/mol. The summed E-state index contributed by atoms with van der Waals surface area (Å²) < 4.78 is 2.80.